The topological polar surface area (TPSA) is 98.5 Å². The van der Waals surface area contributed by atoms with E-state index in [1.165, 1.54) is 0 Å². The molecule has 19 heavy (non-hydrogen) atoms. The lowest BCUT2D eigenvalue weighted by atomic mass is 10.3. The molecule has 0 saturated heterocycles. The maximum atomic E-state index is 11.8. The number of nitrogens with one attached hydrogen (secondary N) is 1. The van der Waals surface area contributed by atoms with Gasteiger partial charge in [0.25, 0.3) is 0 Å². The Morgan fingerprint density at radius 3 is 2.47 bits per heavy atom. The molecule has 0 aromatic heterocycles. The van der Waals surface area contributed by atoms with E-state index in [9.17, 15) is 13.2 Å². The van der Waals surface area contributed by atoms with E-state index in [1.54, 1.807) is 24.3 Å². The SMILES string of the molecule is CCCS(=O)(=O)c1ccc(NCCOC(N)=O)cc1. The normalized spacial score (nSPS) is 11.0. The lowest BCUT2D eigenvalue weighted by Crippen LogP contribution is -2.18. The van der Waals surface area contributed by atoms with Crippen LogP contribution in [-0.2, 0) is 14.6 Å². The number of carbonyl (C=O) groups is 1. The van der Waals surface area contributed by atoms with Crippen molar-refractivity contribution in [1.29, 1.82) is 0 Å². The number of amides is 1. The quantitative estimate of drug-likeness (QED) is 0.738. The van der Waals surface area contributed by atoms with Gasteiger partial charge in [-0.2, -0.15) is 0 Å². The predicted octanol–water partition coefficient (Wildman–Crippen LogP) is 1.38. The average Bonchev–Trinajstić information content (AvgIpc) is 2.35. The van der Waals surface area contributed by atoms with E-state index >= 15 is 0 Å². The second-order valence-corrected chi connectivity index (χ2v) is 6.05. The lowest BCUT2D eigenvalue weighted by molar-refractivity contribution is 0.161. The first kappa shape index (κ1) is 15.3. The minimum atomic E-state index is -3.18. The summed E-state index contributed by atoms with van der Waals surface area (Å²) < 4.78 is 28.1. The van der Waals surface area contributed by atoms with Gasteiger partial charge < -0.3 is 15.8 Å². The summed E-state index contributed by atoms with van der Waals surface area (Å²) in [5.74, 6) is 0.145. The molecule has 0 fully saturated rings. The molecule has 0 aliphatic carbocycles. The van der Waals surface area contributed by atoms with Crippen molar-refractivity contribution in [2.45, 2.75) is 18.2 Å². The van der Waals surface area contributed by atoms with Gasteiger partial charge in [0.15, 0.2) is 9.84 Å². The largest absolute Gasteiger partial charge is 0.448 e. The molecule has 0 aliphatic rings. The summed E-state index contributed by atoms with van der Waals surface area (Å²) in [4.78, 5) is 10.6. The van der Waals surface area contributed by atoms with Gasteiger partial charge in [-0.15, -0.1) is 0 Å². The van der Waals surface area contributed by atoms with E-state index in [0.717, 1.165) is 5.69 Å². The summed E-state index contributed by atoms with van der Waals surface area (Å²) in [6, 6.07) is 6.46. The van der Waals surface area contributed by atoms with E-state index in [-0.39, 0.29) is 12.4 Å². The van der Waals surface area contributed by atoms with Crippen molar-refractivity contribution in [2.24, 2.45) is 5.73 Å². The summed E-state index contributed by atoms with van der Waals surface area (Å²) >= 11 is 0. The Morgan fingerprint density at radius 2 is 1.95 bits per heavy atom. The molecule has 3 N–H and O–H groups in total. The molecule has 1 rings (SSSR count). The van der Waals surface area contributed by atoms with E-state index < -0.39 is 15.9 Å². The van der Waals surface area contributed by atoms with Crippen LogP contribution >= 0.6 is 0 Å². The van der Waals surface area contributed by atoms with Gasteiger partial charge in [-0.25, -0.2) is 13.2 Å². The number of primary amides is 1. The Kier molecular flexibility index (Phi) is 5.62. The Bertz CT molecular complexity index is 511. The number of nitrogens with two attached hydrogens (primary N) is 1. The average molecular weight is 286 g/mol. The Morgan fingerprint density at radius 1 is 1.32 bits per heavy atom. The van der Waals surface area contributed by atoms with Crippen LogP contribution in [0.1, 0.15) is 13.3 Å². The molecule has 0 unspecified atom stereocenters. The van der Waals surface area contributed by atoms with Crippen LogP contribution in [0, 0.1) is 0 Å². The highest BCUT2D eigenvalue weighted by Crippen LogP contribution is 2.15. The molecular formula is C12H18N2O4S. The van der Waals surface area contributed by atoms with Crippen LogP contribution in [0.15, 0.2) is 29.2 Å². The van der Waals surface area contributed by atoms with Crippen LogP contribution in [0.2, 0.25) is 0 Å². The fourth-order valence-corrected chi connectivity index (χ4v) is 2.84. The van der Waals surface area contributed by atoms with Crippen LogP contribution in [-0.4, -0.2) is 33.4 Å². The zero-order valence-corrected chi connectivity index (χ0v) is 11.6. The van der Waals surface area contributed by atoms with Gasteiger partial charge in [-0.05, 0) is 30.7 Å². The molecular weight excluding hydrogens is 268 g/mol. The van der Waals surface area contributed by atoms with Gasteiger partial charge in [-0.3, -0.25) is 0 Å². The number of anilines is 1. The number of carbonyl (C=O) groups excluding carboxylic acids is 1. The second-order valence-electron chi connectivity index (χ2n) is 3.94. The number of ether oxygens (including phenoxy) is 1. The number of benzene rings is 1. The Hall–Kier alpha value is -1.76. The minimum Gasteiger partial charge on any atom is -0.448 e. The lowest BCUT2D eigenvalue weighted by Gasteiger charge is -2.07. The summed E-state index contributed by atoms with van der Waals surface area (Å²) in [5.41, 5.74) is 5.57. The Labute approximate surface area is 112 Å². The first-order chi connectivity index (χ1) is 8.95. The summed E-state index contributed by atoms with van der Waals surface area (Å²) in [6.07, 6.45) is -0.227. The molecule has 0 spiro atoms. The van der Waals surface area contributed by atoms with Crippen LogP contribution < -0.4 is 11.1 Å². The van der Waals surface area contributed by atoms with Gasteiger partial charge in [0, 0.05) is 12.2 Å². The molecule has 1 aromatic rings. The van der Waals surface area contributed by atoms with Gasteiger partial charge in [0.05, 0.1) is 10.6 Å². The first-order valence-electron chi connectivity index (χ1n) is 5.94. The van der Waals surface area contributed by atoms with Crippen LogP contribution in [0.4, 0.5) is 10.5 Å². The number of hydrogen-bond acceptors (Lipinski definition) is 5. The second kappa shape index (κ2) is 6.98. The third-order valence-corrected chi connectivity index (χ3v) is 4.30. The highest BCUT2D eigenvalue weighted by molar-refractivity contribution is 7.91. The molecule has 0 bridgehead atoms. The zero-order chi connectivity index (χ0) is 14.3. The molecule has 1 amide bonds. The molecule has 0 heterocycles. The van der Waals surface area contributed by atoms with E-state index in [1.807, 2.05) is 6.92 Å². The van der Waals surface area contributed by atoms with Crippen molar-refractivity contribution in [3.8, 4) is 0 Å². The van der Waals surface area contributed by atoms with Crippen LogP contribution in [0.25, 0.3) is 0 Å². The molecule has 0 atom stereocenters. The maximum Gasteiger partial charge on any atom is 0.404 e. The minimum absolute atomic E-state index is 0.145. The fourth-order valence-electron chi connectivity index (χ4n) is 1.51. The standard InChI is InChI=1S/C12H18N2O4S/c1-2-9-19(16,17)11-5-3-10(4-6-11)14-7-8-18-12(13)15/h3-6,14H,2,7-9H2,1H3,(H2,13,15). The number of sulfone groups is 1. The third kappa shape index (κ3) is 5.17. The van der Waals surface area contributed by atoms with Gasteiger partial charge in [0.2, 0.25) is 0 Å². The monoisotopic (exact) mass is 286 g/mol. The zero-order valence-electron chi connectivity index (χ0n) is 10.8. The first-order valence-corrected chi connectivity index (χ1v) is 7.60. The molecule has 1 aromatic carbocycles. The predicted molar refractivity (Wildman–Crippen MR) is 72.8 cm³/mol. The van der Waals surface area contributed by atoms with Crippen molar-refractivity contribution in [1.82, 2.24) is 0 Å². The Balaban J connectivity index is 2.55. The molecule has 6 nitrogen and oxygen atoms in total. The summed E-state index contributed by atoms with van der Waals surface area (Å²) in [7, 11) is -3.18. The van der Waals surface area contributed by atoms with E-state index in [4.69, 9.17) is 5.73 Å². The van der Waals surface area contributed by atoms with Gasteiger partial charge in [0.1, 0.15) is 6.61 Å². The van der Waals surface area contributed by atoms with Crippen molar-refractivity contribution in [3.63, 3.8) is 0 Å². The molecule has 106 valence electrons. The highest BCUT2D eigenvalue weighted by Gasteiger charge is 2.12. The van der Waals surface area contributed by atoms with Gasteiger partial charge in [-0.1, -0.05) is 6.92 Å². The van der Waals surface area contributed by atoms with E-state index in [0.29, 0.717) is 17.9 Å². The number of hydrogen-bond donors (Lipinski definition) is 2. The van der Waals surface area contributed by atoms with Crippen molar-refractivity contribution in [3.05, 3.63) is 24.3 Å². The molecule has 0 radical (unpaired) electrons. The van der Waals surface area contributed by atoms with Crippen molar-refractivity contribution >= 4 is 21.6 Å². The highest BCUT2D eigenvalue weighted by atomic mass is 32.2. The van der Waals surface area contributed by atoms with Crippen LogP contribution in [0.3, 0.4) is 0 Å². The molecule has 0 saturated carbocycles. The fraction of sp³-hybridized carbons (Fsp3) is 0.417. The van der Waals surface area contributed by atoms with Crippen LogP contribution in [0.5, 0.6) is 0 Å². The smallest absolute Gasteiger partial charge is 0.404 e. The summed E-state index contributed by atoms with van der Waals surface area (Å²) in [6.45, 7) is 2.39. The molecule has 0 aliphatic heterocycles. The number of rotatable bonds is 7. The maximum absolute atomic E-state index is 11.8. The van der Waals surface area contributed by atoms with E-state index in [2.05, 4.69) is 10.1 Å². The third-order valence-electron chi connectivity index (χ3n) is 2.36. The molecule has 7 heteroatoms. The summed E-state index contributed by atoms with van der Waals surface area (Å²) in [5, 5.41) is 2.98. The van der Waals surface area contributed by atoms with Gasteiger partial charge >= 0.3 is 6.09 Å². The van der Waals surface area contributed by atoms with Crippen molar-refractivity contribution < 1.29 is 17.9 Å². The van der Waals surface area contributed by atoms with Crippen molar-refractivity contribution in [2.75, 3.05) is 24.2 Å².